The van der Waals surface area contributed by atoms with E-state index in [0.29, 0.717) is 22.5 Å². The smallest absolute Gasteiger partial charge is 0.281 e. The Morgan fingerprint density at radius 2 is 1.96 bits per heavy atom. The van der Waals surface area contributed by atoms with Gasteiger partial charge in [0.2, 0.25) is 0 Å². The molecule has 0 aliphatic heterocycles. The quantitative estimate of drug-likeness (QED) is 0.563. The topological polar surface area (TPSA) is 74.8 Å². The van der Waals surface area contributed by atoms with Crippen molar-refractivity contribution >= 4 is 11.0 Å². The molecule has 130 valence electrons. The second kappa shape index (κ2) is 6.40. The van der Waals surface area contributed by atoms with Crippen molar-refractivity contribution in [3.63, 3.8) is 0 Å². The van der Waals surface area contributed by atoms with Crippen LogP contribution in [0.5, 0.6) is 5.75 Å². The van der Waals surface area contributed by atoms with E-state index in [1.54, 1.807) is 19.2 Å². The number of benzene rings is 2. The number of methoxy groups -OCH3 is 1. The van der Waals surface area contributed by atoms with E-state index in [-0.39, 0.29) is 17.9 Å². The molecule has 0 aliphatic rings. The van der Waals surface area contributed by atoms with Gasteiger partial charge in [0.1, 0.15) is 17.0 Å². The fourth-order valence-electron chi connectivity index (χ4n) is 2.68. The molecular formula is C18H14FN5O2. The van der Waals surface area contributed by atoms with Gasteiger partial charge in [-0.3, -0.25) is 4.79 Å². The van der Waals surface area contributed by atoms with Crippen molar-refractivity contribution in [2.45, 2.75) is 6.54 Å². The highest BCUT2D eigenvalue weighted by Gasteiger charge is 2.13. The number of aromatic nitrogens is 5. The molecule has 7 nitrogen and oxygen atoms in total. The van der Waals surface area contributed by atoms with Crippen LogP contribution in [0.4, 0.5) is 4.39 Å². The van der Waals surface area contributed by atoms with E-state index in [0.717, 1.165) is 5.56 Å². The van der Waals surface area contributed by atoms with Gasteiger partial charge in [-0.15, -0.1) is 5.10 Å². The van der Waals surface area contributed by atoms with E-state index in [1.165, 1.54) is 27.7 Å². The Hall–Kier alpha value is -3.55. The van der Waals surface area contributed by atoms with Crippen LogP contribution in [0, 0.1) is 5.82 Å². The molecule has 0 radical (unpaired) electrons. The van der Waals surface area contributed by atoms with Gasteiger partial charge in [-0.25, -0.2) is 13.8 Å². The van der Waals surface area contributed by atoms with Crippen molar-refractivity contribution in [3.8, 4) is 11.4 Å². The normalized spacial score (nSPS) is 11.0. The van der Waals surface area contributed by atoms with E-state index < -0.39 is 0 Å². The third kappa shape index (κ3) is 2.81. The van der Waals surface area contributed by atoms with Crippen molar-refractivity contribution in [2.24, 2.45) is 0 Å². The number of fused-ring (bicyclic) bond motifs is 1. The van der Waals surface area contributed by atoms with Gasteiger partial charge >= 0.3 is 0 Å². The molecule has 2 heterocycles. The lowest BCUT2D eigenvalue weighted by Crippen LogP contribution is -2.24. The highest BCUT2D eigenvalue weighted by Crippen LogP contribution is 2.15. The lowest BCUT2D eigenvalue weighted by molar-refractivity contribution is 0.414. The molecule has 0 saturated heterocycles. The molecule has 0 atom stereocenters. The number of nitrogens with zero attached hydrogens (tertiary/aromatic N) is 5. The average Bonchev–Trinajstić information content (AvgIpc) is 3.10. The van der Waals surface area contributed by atoms with Gasteiger partial charge in [-0.05, 0) is 42.0 Å². The van der Waals surface area contributed by atoms with Crippen LogP contribution in [-0.4, -0.2) is 31.9 Å². The van der Waals surface area contributed by atoms with Crippen LogP contribution >= 0.6 is 0 Å². The summed E-state index contributed by atoms with van der Waals surface area (Å²) in [5, 5.41) is 12.7. The van der Waals surface area contributed by atoms with Gasteiger partial charge in [0.05, 0.1) is 25.5 Å². The highest BCUT2D eigenvalue weighted by atomic mass is 19.1. The van der Waals surface area contributed by atoms with E-state index in [2.05, 4.69) is 15.4 Å². The number of rotatable bonds is 4. The molecule has 0 amide bonds. The molecule has 0 spiro atoms. The minimum absolute atomic E-state index is 0.265. The maximum absolute atomic E-state index is 13.1. The minimum atomic E-state index is -0.350. The maximum atomic E-state index is 13.1. The lowest BCUT2D eigenvalue weighted by atomic mass is 10.2. The minimum Gasteiger partial charge on any atom is -0.497 e. The second-order valence-electron chi connectivity index (χ2n) is 5.67. The molecule has 8 heteroatoms. The molecular weight excluding hydrogens is 337 g/mol. The zero-order chi connectivity index (χ0) is 18.1. The van der Waals surface area contributed by atoms with Gasteiger partial charge in [0, 0.05) is 0 Å². The zero-order valence-electron chi connectivity index (χ0n) is 13.8. The summed E-state index contributed by atoms with van der Waals surface area (Å²) in [6.45, 7) is 0.265. The van der Waals surface area contributed by atoms with E-state index in [4.69, 9.17) is 4.74 Å². The lowest BCUT2D eigenvalue weighted by Gasteiger charge is -2.06. The molecule has 2 aromatic heterocycles. The maximum Gasteiger partial charge on any atom is 0.281 e. The van der Waals surface area contributed by atoms with Crippen molar-refractivity contribution < 1.29 is 9.13 Å². The van der Waals surface area contributed by atoms with Crippen molar-refractivity contribution in [2.75, 3.05) is 7.11 Å². The van der Waals surface area contributed by atoms with Crippen LogP contribution in [0.1, 0.15) is 5.56 Å². The van der Waals surface area contributed by atoms with Crippen molar-refractivity contribution in [1.82, 2.24) is 24.8 Å². The summed E-state index contributed by atoms with van der Waals surface area (Å²) in [5.74, 6) is 0.352. The Morgan fingerprint density at radius 1 is 1.15 bits per heavy atom. The molecule has 2 aromatic carbocycles. The number of hydrogen-bond donors (Lipinski definition) is 0. The molecule has 26 heavy (non-hydrogen) atoms. The Balaban J connectivity index is 1.74. The Labute approximate surface area is 147 Å². The fourth-order valence-corrected chi connectivity index (χ4v) is 2.68. The predicted molar refractivity (Wildman–Crippen MR) is 93.0 cm³/mol. The molecule has 4 rings (SSSR count). The first-order valence-corrected chi connectivity index (χ1v) is 7.86. The standard InChI is InChI=1S/C18H14FN5O2/c1-26-15-4-2-3-12(9-15)11-23-18(25)16-10-20-24(17(16)21-22-23)14-7-5-13(19)6-8-14/h2-10H,11H2,1H3. The van der Waals surface area contributed by atoms with Crippen LogP contribution < -0.4 is 10.3 Å². The van der Waals surface area contributed by atoms with Gasteiger partial charge in [0.15, 0.2) is 5.65 Å². The largest absolute Gasteiger partial charge is 0.497 e. The summed E-state index contributed by atoms with van der Waals surface area (Å²) in [6.07, 6.45) is 1.44. The Morgan fingerprint density at radius 3 is 2.73 bits per heavy atom. The molecule has 4 aromatic rings. The molecule has 0 N–H and O–H groups in total. The van der Waals surface area contributed by atoms with Crippen molar-refractivity contribution in [3.05, 3.63) is 76.5 Å². The number of halogens is 1. The van der Waals surface area contributed by atoms with Gasteiger partial charge in [-0.1, -0.05) is 17.3 Å². The Bertz CT molecular complexity index is 1130. The van der Waals surface area contributed by atoms with Gasteiger partial charge < -0.3 is 4.74 Å². The molecule has 0 saturated carbocycles. The summed E-state index contributed by atoms with van der Waals surface area (Å²) >= 11 is 0. The zero-order valence-corrected chi connectivity index (χ0v) is 13.8. The predicted octanol–water partition coefficient (Wildman–Crippen LogP) is 2.17. The van der Waals surface area contributed by atoms with E-state index >= 15 is 0 Å². The van der Waals surface area contributed by atoms with Crippen LogP contribution in [0.3, 0.4) is 0 Å². The van der Waals surface area contributed by atoms with Gasteiger partial charge in [0.25, 0.3) is 5.56 Å². The van der Waals surface area contributed by atoms with Crippen LogP contribution in [0.15, 0.2) is 59.5 Å². The summed E-state index contributed by atoms with van der Waals surface area (Å²) in [6, 6.07) is 13.1. The highest BCUT2D eigenvalue weighted by molar-refractivity contribution is 5.74. The monoisotopic (exact) mass is 351 g/mol. The van der Waals surface area contributed by atoms with Crippen LogP contribution in [0.2, 0.25) is 0 Å². The third-order valence-electron chi connectivity index (χ3n) is 3.99. The number of hydrogen-bond acceptors (Lipinski definition) is 5. The summed E-state index contributed by atoms with van der Waals surface area (Å²) < 4.78 is 21.0. The SMILES string of the molecule is COc1cccc(Cn2nnc3c(cnn3-c3ccc(F)cc3)c2=O)c1. The van der Waals surface area contributed by atoms with E-state index in [1.807, 2.05) is 24.3 Å². The van der Waals surface area contributed by atoms with Crippen LogP contribution in [-0.2, 0) is 6.54 Å². The summed E-state index contributed by atoms with van der Waals surface area (Å²) in [7, 11) is 1.58. The van der Waals surface area contributed by atoms with Gasteiger partial charge in [-0.2, -0.15) is 5.10 Å². The molecule has 0 fully saturated rings. The van der Waals surface area contributed by atoms with E-state index in [9.17, 15) is 9.18 Å². The van der Waals surface area contributed by atoms with Crippen molar-refractivity contribution in [1.29, 1.82) is 0 Å². The van der Waals surface area contributed by atoms with Crippen LogP contribution in [0.25, 0.3) is 16.7 Å². The summed E-state index contributed by atoms with van der Waals surface area (Å²) in [4.78, 5) is 12.7. The number of ether oxygens (including phenoxy) is 1. The first kappa shape index (κ1) is 15.9. The molecule has 0 aliphatic carbocycles. The third-order valence-corrected chi connectivity index (χ3v) is 3.99. The average molecular weight is 351 g/mol. The Kier molecular flexibility index (Phi) is 3.92. The molecule has 0 bridgehead atoms. The first-order valence-electron chi connectivity index (χ1n) is 7.86. The summed E-state index contributed by atoms with van der Waals surface area (Å²) in [5.41, 5.74) is 1.49. The first-order chi connectivity index (χ1) is 12.7. The molecule has 0 unspecified atom stereocenters. The fraction of sp³-hybridized carbons (Fsp3) is 0.111. The second-order valence-corrected chi connectivity index (χ2v) is 5.67.